The number of hydrogen-bond donors (Lipinski definition) is 3. The standard InChI is InChI=1S/C20H17F2N5O3S/c1-10-6-7-15(23-11(2)28)12(8-10)17-19(30)25-20(27-26-17)31-9-16(29)24-18-13(21)4-3-5-14(18)22/h3-8H,9H2,1-2H3,(H,23,28)(H,24,29)(H,25,27,30). The number of nitrogens with zero attached hydrogens (tertiary/aromatic N) is 2. The molecule has 0 saturated carbocycles. The first kappa shape index (κ1) is 22.1. The largest absolute Gasteiger partial charge is 0.326 e. The molecule has 0 unspecified atom stereocenters. The zero-order chi connectivity index (χ0) is 22.5. The second kappa shape index (κ2) is 9.47. The van der Waals surface area contributed by atoms with Crippen LogP contribution >= 0.6 is 11.8 Å². The van der Waals surface area contributed by atoms with E-state index in [0.29, 0.717) is 11.3 Å². The number of hydrogen-bond acceptors (Lipinski definition) is 6. The van der Waals surface area contributed by atoms with Gasteiger partial charge in [0.2, 0.25) is 11.8 Å². The molecule has 0 aliphatic heterocycles. The quantitative estimate of drug-likeness (QED) is 0.502. The minimum absolute atomic E-state index is 0.00493. The Morgan fingerprint density at radius 2 is 1.81 bits per heavy atom. The van der Waals surface area contributed by atoms with Crippen LogP contribution in [0.4, 0.5) is 20.2 Å². The number of amides is 2. The van der Waals surface area contributed by atoms with Crippen LogP contribution in [0.15, 0.2) is 46.3 Å². The molecule has 0 atom stereocenters. The maximum atomic E-state index is 13.6. The Kier molecular flexibility index (Phi) is 6.75. The monoisotopic (exact) mass is 445 g/mol. The van der Waals surface area contributed by atoms with Gasteiger partial charge in [0.15, 0.2) is 10.9 Å². The highest BCUT2D eigenvalue weighted by Crippen LogP contribution is 2.26. The third kappa shape index (κ3) is 5.51. The van der Waals surface area contributed by atoms with Crippen molar-refractivity contribution in [2.75, 3.05) is 16.4 Å². The molecule has 0 aliphatic rings. The van der Waals surface area contributed by atoms with Crippen LogP contribution in [-0.2, 0) is 9.59 Å². The molecule has 3 N–H and O–H groups in total. The van der Waals surface area contributed by atoms with Crippen LogP contribution in [0.2, 0.25) is 0 Å². The zero-order valence-corrected chi connectivity index (χ0v) is 17.3. The summed E-state index contributed by atoms with van der Waals surface area (Å²) in [5.74, 6) is -3.06. The fourth-order valence-electron chi connectivity index (χ4n) is 2.64. The van der Waals surface area contributed by atoms with Gasteiger partial charge in [-0.1, -0.05) is 29.5 Å². The van der Waals surface area contributed by atoms with Crippen molar-refractivity contribution in [1.82, 2.24) is 15.2 Å². The van der Waals surface area contributed by atoms with Gasteiger partial charge in [0, 0.05) is 12.5 Å². The first-order valence-corrected chi connectivity index (χ1v) is 9.95. The summed E-state index contributed by atoms with van der Waals surface area (Å²) in [7, 11) is 0. The van der Waals surface area contributed by atoms with Gasteiger partial charge in [-0.3, -0.25) is 19.4 Å². The summed E-state index contributed by atoms with van der Waals surface area (Å²) in [5.41, 5.74) is 0.525. The Morgan fingerprint density at radius 1 is 1.10 bits per heavy atom. The fourth-order valence-corrected chi connectivity index (χ4v) is 3.25. The molecule has 0 bridgehead atoms. The summed E-state index contributed by atoms with van der Waals surface area (Å²) in [6.07, 6.45) is 0. The lowest BCUT2D eigenvalue weighted by atomic mass is 10.1. The number of H-pyrrole nitrogens is 1. The average Bonchev–Trinajstić information content (AvgIpc) is 2.70. The molecular weight excluding hydrogens is 428 g/mol. The summed E-state index contributed by atoms with van der Waals surface area (Å²) in [4.78, 5) is 38.5. The Morgan fingerprint density at radius 3 is 2.45 bits per heavy atom. The predicted molar refractivity (Wildman–Crippen MR) is 113 cm³/mol. The second-order valence-electron chi connectivity index (χ2n) is 6.47. The molecule has 0 fully saturated rings. The molecule has 1 heterocycles. The van der Waals surface area contributed by atoms with E-state index in [4.69, 9.17) is 0 Å². The second-order valence-corrected chi connectivity index (χ2v) is 7.44. The molecule has 8 nitrogen and oxygen atoms in total. The number of carbonyl (C=O) groups excluding carboxylic acids is 2. The van der Waals surface area contributed by atoms with E-state index >= 15 is 0 Å². The van der Waals surface area contributed by atoms with Crippen molar-refractivity contribution in [3.8, 4) is 11.3 Å². The van der Waals surface area contributed by atoms with E-state index in [9.17, 15) is 23.2 Å². The first-order valence-electron chi connectivity index (χ1n) is 8.97. The van der Waals surface area contributed by atoms with Crippen LogP contribution in [0.25, 0.3) is 11.3 Å². The number of rotatable bonds is 6. The Hall–Kier alpha value is -3.60. The number of aromatic nitrogens is 3. The highest BCUT2D eigenvalue weighted by atomic mass is 32.2. The van der Waals surface area contributed by atoms with Crippen LogP contribution in [0.1, 0.15) is 12.5 Å². The van der Waals surface area contributed by atoms with Gasteiger partial charge in [-0.15, -0.1) is 10.2 Å². The van der Waals surface area contributed by atoms with Crippen molar-refractivity contribution < 1.29 is 18.4 Å². The highest BCUT2D eigenvalue weighted by molar-refractivity contribution is 7.99. The third-order valence-corrected chi connectivity index (χ3v) is 4.85. The van der Waals surface area contributed by atoms with Gasteiger partial charge >= 0.3 is 0 Å². The highest BCUT2D eigenvalue weighted by Gasteiger charge is 2.16. The number of thioether (sulfide) groups is 1. The number of anilines is 2. The van der Waals surface area contributed by atoms with E-state index in [1.165, 1.54) is 13.0 Å². The molecule has 3 aromatic rings. The van der Waals surface area contributed by atoms with E-state index in [1.807, 2.05) is 6.92 Å². The van der Waals surface area contributed by atoms with Crippen LogP contribution < -0.4 is 16.2 Å². The maximum absolute atomic E-state index is 13.6. The first-order chi connectivity index (χ1) is 14.7. The zero-order valence-electron chi connectivity index (χ0n) is 16.5. The third-order valence-electron chi connectivity index (χ3n) is 3.98. The van der Waals surface area contributed by atoms with Crippen molar-refractivity contribution in [3.05, 3.63) is 63.9 Å². The van der Waals surface area contributed by atoms with Crippen molar-refractivity contribution in [1.29, 1.82) is 0 Å². The van der Waals surface area contributed by atoms with Crippen LogP contribution in [-0.4, -0.2) is 32.7 Å². The van der Waals surface area contributed by atoms with Gasteiger partial charge < -0.3 is 10.6 Å². The lowest BCUT2D eigenvalue weighted by Crippen LogP contribution is -2.19. The molecule has 2 aromatic carbocycles. The lowest BCUT2D eigenvalue weighted by molar-refractivity contribution is -0.114. The minimum atomic E-state index is -0.899. The van der Waals surface area contributed by atoms with Gasteiger partial charge in [-0.05, 0) is 31.2 Å². The SMILES string of the molecule is CC(=O)Nc1ccc(C)cc1-c1nnc(SCC(=O)Nc2c(F)cccc2F)[nH]c1=O. The smallest absolute Gasteiger partial charge is 0.278 e. The Bertz CT molecular complexity index is 1200. The van der Waals surface area contributed by atoms with Crippen molar-refractivity contribution in [2.24, 2.45) is 0 Å². The molecule has 3 rings (SSSR count). The molecule has 11 heteroatoms. The van der Waals surface area contributed by atoms with Crippen molar-refractivity contribution in [2.45, 2.75) is 19.0 Å². The maximum Gasteiger partial charge on any atom is 0.278 e. The van der Waals surface area contributed by atoms with Crippen LogP contribution in [0.5, 0.6) is 0 Å². The number of carbonyl (C=O) groups is 2. The molecule has 0 radical (unpaired) electrons. The van der Waals surface area contributed by atoms with Crippen LogP contribution in [0, 0.1) is 18.6 Å². The van der Waals surface area contributed by atoms with Gasteiger partial charge in [-0.25, -0.2) is 8.78 Å². The van der Waals surface area contributed by atoms with E-state index < -0.39 is 28.8 Å². The van der Waals surface area contributed by atoms with Gasteiger partial charge in [0.1, 0.15) is 17.3 Å². The van der Waals surface area contributed by atoms with E-state index in [1.54, 1.807) is 18.2 Å². The number of aromatic amines is 1. The van der Waals surface area contributed by atoms with Crippen LogP contribution in [0.3, 0.4) is 0 Å². The summed E-state index contributed by atoms with van der Waals surface area (Å²) in [5, 5.41) is 12.7. The molecular formula is C20H17F2N5O3S. The molecule has 1 aromatic heterocycles. The number of benzene rings is 2. The average molecular weight is 445 g/mol. The number of para-hydroxylation sites is 1. The molecule has 31 heavy (non-hydrogen) atoms. The van der Waals surface area contributed by atoms with E-state index in [2.05, 4.69) is 25.8 Å². The van der Waals surface area contributed by atoms with Gasteiger partial charge in [0.25, 0.3) is 5.56 Å². The van der Waals surface area contributed by atoms with E-state index in [-0.39, 0.29) is 22.5 Å². The van der Waals surface area contributed by atoms with Crippen molar-refractivity contribution in [3.63, 3.8) is 0 Å². The number of halogens is 2. The number of aryl methyl sites for hydroxylation is 1. The fraction of sp³-hybridized carbons (Fsp3) is 0.150. The summed E-state index contributed by atoms with van der Waals surface area (Å²) in [6.45, 7) is 3.17. The predicted octanol–water partition coefficient (Wildman–Crippen LogP) is 3.11. The Labute approximate surface area is 179 Å². The molecule has 0 aliphatic carbocycles. The topological polar surface area (TPSA) is 117 Å². The summed E-state index contributed by atoms with van der Waals surface area (Å²) in [6, 6.07) is 8.35. The summed E-state index contributed by atoms with van der Waals surface area (Å²) < 4.78 is 27.2. The normalized spacial score (nSPS) is 10.6. The number of nitrogens with one attached hydrogen (secondary N) is 3. The molecule has 0 saturated heterocycles. The van der Waals surface area contributed by atoms with Gasteiger partial charge in [0.05, 0.1) is 11.4 Å². The minimum Gasteiger partial charge on any atom is -0.326 e. The summed E-state index contributed by atoms with van der Waals surface area (Å²) >= 11 is 0.840. The Balaban J connectivity index is 1.75. The molecule has 0 spiro atoms. The van der Waals surface area contributed by atoms with Crippen molar-refractivity contribution >= 4 is 35.0 Å². The van der Waals surface area contributed by atoms with E-state index in [0.717, 1.165) is 29.5 Å². The van der Waals surface area contributed by atoms with Gasteiger partial charge in [-0.2, -0.15) is 0 Å². The molecule has 2 amide bonds. The molecule has 160 valence electrons. The lowest BCUT2D eigenvalue weighted by Gasteiger charge is -2.10.